The molecule has 1 aliphatic rings. The Labute approximate surface area is 483 Å². The van der Waals surface area contributed by atoms with Crippen molar-refractivity contribution >= 4 is 11.9 Å². The second kappa shape index (κ2) is 55.4. The van der Waals surface area contributed by atoms with Crippen LogP contribution >= 0.6 is 0 Å². The van der Waals surface area contributed by atoms with Gasteiger partial charge in [0.1, 0.15) is 24.4 Å². The van der Waals surface area contributed by atoms with Crippen LogP contribution in [0, 0.1) is 0 Å². The lowest BCUT2D eigenvalue weighted by Crippen LogP contribution is -2.61. The second-order valence-corrected chi connectivity index (χ2v) is 22.1. The summed E-state index contributed by atoms with van der Waals surface area (Å²) in [6.45, 7) is 5.64. The molecule has 1 rings (SSSR count). The number of rotatable bonds is 54. The van der Waals surface area contributed by atoms with Crippen LogP contribution in [0.15, 0.2) is 85.1 Å². The monoisotopic (exact) mass is 1110 g/mol. The summed E-state index contributed by atoms with van der Waals surface area (Å²) in [4.78, 5) is 26.6. The Hall–Kier alpha value is -3.16. The molecule has 11 nitrogen and oxygen atoms in total. The van der Waals surface area contributed by atoms with E-state index in [9.17, 15) is 35.1 Å². The fraction of sp³-hybridized carbons (Fsp3) is 0.765. The van der Waals surface area contributed by atoms with E-state index in [4.69, 9.17) is 14.2 Å². The number of aliphatic hydroxyl groups is 5. The van der Waals surface area contributed by atoms with E-state index in [1.165, 1.54) is 103 Å². The summed E-state index contributed by atoms with van der Waals surface area (Å²) in [6.07, 6.45) is 61.9. The number of carbonyl (C=O) groups excluding carboxylic acids is 2. The lowest BCUT2D eigenvalue weighted by atomic mass is 9.99. The molecule has 0 saturated carbocycles. The van der Waals surface area contributed by atoms with Gasteiger partial charge >= 0.3 is 5.97 Å². The summed E-state index contributed by atoms with van der Waals surface area (Å²) in [6, 6.07) is -1.03. The van der Waals surface area contributed by atoms with Crippen molar-refractivity contribution in [2.75, 3.05) is 13.2 Å². The molecular formula is C68H119NO10. The van der Waals surface area contributed by atoms with E-state index in [0.29, 0.717) is 12.8 Å². The van der Waals surface area contributed by atoms with Crippen LogP contribution in [0.1, 0.15) is 271 Å². The third-order valence-corrected chi connectivity index (χ3v) is 14.8. The first-order valence-corrected chi connectivity index (χ1v) is 32.4. The third kappa shape index (κ3) is 43.2. The molecular weight excluding hydrogens is 991 g/mol. The number of carbonyl (C=O) groups is 2. The summed E-state index contributed by atoms with van der Waals surface area (Å²) in [5.41, 5.74) is 0. The molecule has 1 heterocycles. The van der Waals surface area contributed by atoms with Gasteiger partial charge in [-0.3, -0.25) is 9.59 Å². The Kier molecular flexibility index (Phi) is 51.8. The number of allylic oxidation sites excluding steroid dienone is 13. The van der Waals surface area contributed by atoms with Crippen LogP contribution in [0.2, 0.25) is 0 Å². The molecule has 0 aliphatic carbocycles. The van der Waals surface area contributed by atoms with E-state index >= 15 is 0 Å². The van der Waals surface area contributed by atoms with E-state index in [1.807, 2.05) is 6.08 Å². The number of aliphatic hydroxyl groups excluding tert-OH is 5. The van der Waals surface area contributed by atoms with Crippen molar-refractivity contribution in [1.82, 2.24) is 5.32 Å². The van der Waals surface area contributed by atoms with Gasteiger partial charge in [-0.05, 0) is 96.3 Å². The van der Waals surface area contributed by atoms with Gasteiger partial charge in [0, 0.05) is 6.42 Å². The SMILES string of the molecule is CC/C=C/C/C=C/CCCCCCCCC(O)C(=O)NC(COC1OC(CO)C(O)C(O)C1OC(=O)CCCCCCCCCCC/C=C\C/C=C\C/C=C\C/C=C\CCCCC)C(O)/C=C/CCCCCCCCCCCC. The van der Waals surface area contributed by atoms with Gasteiger partial charge in [-0.25, -0.2) is 0 Å². The molecule has 456 valence electrons. The van der Waals surface area contributed by atoms with Crippen LogP contribution in [-0.4, -0.2) is 99.6 Å². The zero-order valence-corrected chi connectivity index (χ0v) is 50.5. The molecule has 8 atom stereocenters. The molecule has 6 N–H and O–H groups in total. The third-order valence-electron chi connectivity index (χ3n) is 14.8. The summed E-state index contributed by atoms with van der Waals surface area (Å²) >= 11 is 0. The van der Waals surface area contributed by atoms with Crippen LogP contribution in [0.25, 0.3) is 0 Å². The zero-order chi connectivity index (χ0) is 57.5. The number of unbranched alkanes of at least 4 members (excludes halogenated alkanes) is 28. The maximum Gasteiger partial charge on any atom is 0.306 e. The first-order valence-electron chi connectivity index (χ1n) is 32.4. The summed E-state index contributed by atoms with van der Waals surface area (Å²) in [5.74, 6) is -1.21. The van der Waals surface area contributed by atoms with Gasteiger partial charge < -0.3 is 45.1 Å². The minimum absolute atomic E-state index is 0.112. The Morgan fingerprint density at radius 1 is 0.506 bits per heavy atom. The number of esters is 1. The first-order chi connectivity index (χ1) is 38.7. The maximum atomic E-state index is 13.4. The molecule has 11 heteroatoms. The lowest BCUT2D eigenvalue weighted by molar-refractivity contribution is -0.305. The molecule has 0 aromatic heterocycles. The maximum absolute atomic E-state index is 13.4. The molecule has 0 bridgehead atoms. The highest BCUT2D eigenvalue weighted by atomic mass is 16.7. The van der Waals surface area contributed by atoms with Gasteiger partial charge in [-0.15, -0.1) is 0 Å². The van der Waals surface area contributed by atoms with Crippen LogP contribution in [0.5, 0.6) is 0 Å². The quantitative estimate of drug-likeness (QED) is 0.0195. The van der Waals surface area contributed by atoms with Crippen molar-refractivity contribution in [3.05, 3.63) is 85.1 Å². The minimum Gasteiger partial charge on any atom is -0.454 e. The van der Waals surface area contributed by atoms with Crippen molar-refractivity contribution < 1.29 is 49.3 Å². The molecule has 0 aromatic carbocycles. The standard InChI is InChI=1S/C68H119NO10/c1-4-7-10-13-16-19-22-25-26-27-28-29-30-31-32-33-34-35-36-38-41-44-47-50-53-56-63(73)79-66-65(75)64(74)62(57-70)78-68(66)77-58-59(60(71)54-51-48-45-42-39-24-21-18-15-12-9-6-3)69-67(76)61(72)55-52-49-46-43-40-37-23-20-17-14-11-8-5-2/h8,11,16-17,19-20,25-26,28-29,31-32,51,54,59-62,64-66,68,70-72,74-75H,4-7,9-10,12-15,18,21-24,27,30,33-50,52-53,55-58H2,1-3H3,(H,69,76)/b11-8+,19-16-,20-17+,26-25-,29-28-,32-31-,54-51+. The highest BCUT2D eigenvalue weighted by Crippen LogP contribution is 2.26. The summed E-state index contributed by atoms with van der Waals surface area (Å²) < 4.78 is 17.6. The lowest BCUT2D eigenvalue weighted by Gasteiger charge is -2.41. The van der Waals surface area contributed by atoms with Gasteiger partial charge in [0.05, 0.1) is 25.4 Å². The number of hydrogen-bond donors (Lipinski definition) is 6. The number of hydrogen-bond acceptors (Lipinski definition) is 10. The molecule has 8 unspecified atom stereocenters. The smallest absolute Gasteiger partial charge is 0.306 e. The van der Waals surface area contributed by atoms with Crippen LogP contribution in [0.3, 0.4) is 0 Å². The van der Waals surface area contributed by atoms with Gasteiger partial charge in [-0.2, -0.15) is 0 Å². The van der Waals surface area contributed by atoms with Gasteiger partial charge in [0.2, 0.25) is 5.91 Å². The Morgan fingerprint density at radius 2 is 0.911 bits per heavy atom. The Morgan fingerprint density at radius 3 is 1.39 bits per heavy atom. The number of nitrogens with one attached hydrogen (secondary N) is 1. The molecule has 0 aromatic rings. The zero-order valence-electron chi connectivity index (χ0n) is 50.5. The molecule has 1 amide bonds. The summed E-state index contributed by atoms with van der Waals surface area (Å²) in [5, 5.41) is 57.0. The van der Waals surface area contributed by atoms with E-state index < -0.39 is 67.4 Å². The Bertz CT molecular complexity index is 1610. The largest absolute Gasteiger partial charge is 0.454 e. The van der Waals surface area contributed by atoms with Crippen molar-refractivity contribution in [2.45, 2.75) is 320 Å². The molecule has 0 spiro atoms. The van der Waals surface area contributed by atoms with E-state index in [0.717, 1.165) is 122 Å². The number of amides is 1. The fourth-order valence-electron chi connectivity index (χ4n) is 9.67. The molecule has 1 saturated heterocycles. The van der Waals surface area contributed by atoms with Crippen molar-refractivity contribution in [1.29, 1.82) is 0 Å². The molecule has 1 fully saturated rings. The van der Waals surface area contributed by atoms with Crippen molar-refractivity contribution in [3.63, 3.8) is 0 Å². The van der Waals surface area contributed by atoms with E-state index in [-0.39, 0.29) is 19.4 Å². The predicted octanol–water partition coefficient (Wildman–Crippen LogP) is 15.7. The summed E-state index contributed by atoms with van der Waals surface area (Å²) in [7, 11) is 0. The molecule has 79 heavy (non-hydrogen) atoms. The highest BCUT2D eigenvalue weighted by Gasteiger charge is 2.47. The molecule has 0 radical (unpaired) electrons. The number of ether oxygens (including phenoxy) is 3. The van der Waals surface area contributed by atoms with Crippen molar-refractivity contribution in [2.24, 2.45) is 0 Å². The van der Waals surface area contributed by atoms with E-state index in [1.54, 1.807) is 6.08 Å². The van der Waals surface area contributed by atoms with Crippen LogP contribution in [-0.2, 0) is 23.8 Å². The second-order valence-electron chi connectivity index (χ2n) is 22.1. The first kappa shape index (κ1) is 73.9. The van der Waals surface area contributed by atoms with Gasteiger partial charge in [0.15, 0.2) is 12.4 Å². The topological polar surface area (TPSA) is 175 Å². The average Bonchev–Trinajstić information content (AvgIpc) is 3.46. The normalized spacial score (nSPS) is 19.4. The van der Waals surface area contributed by atoms with E-state index in [2.05, 4.69) is 99.0 Å². The van der Waals surface area contributed by atoms with Crippen molar-refractivity contribution in [3.8, 4) is 0 Å². The fourth-order valence-corrected chi connectivity index (χ4v) is 9.67. The highest BCUT2D eigenvalue weighted by molar-refractivity contribution is 5.80. The average molecular weight is 1110 g/mol. The minimum atomic E-state index is -1.62. The van der Waals surface area contributed by atoms with Gasteiger partial charge in [-0.1, -0.05) is 254 Å². The van der Waals surface area contributed by atoms with Gasteiger partial charge in [0.25, 0.3) is 0 Å². The molecule has 1 aliphatic heterocycles. The predicted molar refractivity (Wildman–Crippen MR) is 329 cm³/mol. The van der Waals surface area contributed by atoms with Crippen LogP contribution < -0.4 is 5.32 Å². The van der Waals surface area contributed by atoms with Crippen LogP contribution in [0.4, 0.5) is 0 Å². The Balaban J connectivity index is 2.61.